The molecule has 2 aliphatic rings. The topological polar surface area (TPSA) is 55.4 Å². The molecule has 0 aliphatic heterocycles. The summed E-state index contributed by atoms with van der Waals surface area (Å²) in [6.45, 7) is 5.48. The number of hydrogen-bond donors (Lipinski definition) is 1. The molecule has 0 radical (unpaired) electrons. The summed E-state index contributed by atoms with van der Waals surface area (Å²) in [4.78, 5) is 0. The van der Waals surface area contributed by atoms with Crippen molar-refractivity contribution >= 4 is 10.3 Å². The van der Waals surface area contributed by atoms with Gasteiger partial charge in [0.15, 0.2) is 0 Å². The lowest BCUT2D eigenvalue weighted by atomic mass is 10.3. The Labute approximate surface area is 84.6 Å². The molecule has 5 heteroatoms. The van der Waals surface area contributed by atoms with E-state index in [-0.39, 0.29) is 0 Å². The van der Waals surface area contributed by atoms with E-state index in [0.717, 1.165) is 25.7 Å². The van der Waals surface area contributed by atoms with Crippen LogP contribution in [0.4, 0.5) is 0 Å². The summed E-state index contributed by atoms with van der Waals surface area (Å²) >= 11 is 0. The monoisotopic (exact) mass is 217 g/mol. The predicted molar refractivity (Wildman–Crippen MR) is 52.6 cm³/mol. The molecule has 2 fully saturated rings. The fourth-order valence-corrected chi connectivity index (χ4v) is 2.45. The van der Waals surface area contributed by atoms with Crippen molar-refractivity contribution < 1.29 is 12.6 Å². The summed E-state index contributed by atoms with van der Waals surface area (Å²) in [6, 6.07) is 0. The molecule has 80 valence electrons. The molecule has 14 heavy (non-hydrogen) atoms. The first-order chi connectivity index (χ1) is 6.40. The van der Waals surface area contributed by atoms with Crippen molar-refractivity contribution in [1.29, 1.82) is 0 Å². The molecular formula is C9H15NO3S. The molecule has 2 aliphatic carbocycles. The van der Waals surface area contributed by atoms with Gasteiger partial charge in [0, 0.05) is 5.70 Å². The Morgan fingerprint density at radius 2 is 2.07 bits per heavy atom. The summed E-state index contributed by atoms with van der Waals surface area (Å²) in [5.74, 6) is 0.320. The van der Waals surface area contributed by atoms with Crippen molar-refractivity contribution in [3.8, 4) is 0 Å². The minimum atomic E-state index is -3.63. The molecule has 0 unspecified atom stereocenters. The predicted octanol–water partition coefficient (Wildman–Crippen LogP) is 1.31. The van der Waals surface area contributed by atoms with Crippen molar-refractivity contribution in [2.24, 2.45) is 5.92 Å². The first kappa shape index (κ1) is 9.98. The van der Waals surface area contributed by atoms with Crippen LogP contribution < -0.4 is 4.72 Å². The van der Waals surface area contributed by atoms with Crippen molar-refractivity contribution in [3.63, 3.8) is 0 Å². The molecule has 0 bridgehead atoms. The lowest BCUT2D eigenvalue weighted by Gasteiger charge is -2.13. The fourth-order valence-electron chi connectivity index (χ4n) is 1.22. The molecule has 0 spiro atoms. The zero-order valence-corrected chi connectivity index (χ0v) is 9.06. The lowest BCUT2D eigenvalue weighted by molar-refractivity contribution is 0.205. The van der Waals surface area contributed by atoms with Gasteiger partial charge in [-0.2, -0.15) is 8.42 Å². The number of hydrogen-bond acceptors (Lipinski definition) is 3. The van der Waals surface area contributed by atoms with E-state index in [0.29, 0.717) is 11.6 Å². The molecule has 4 nitrogen and oxygen atoms in total. The average Bonchev–Trinajstić information content (AvgIpc) is 2.81. The second-order valence-corrected chi connectivity index (χ2v) is 5.67. The third kappa shape index (κ3) is 2.48. The third-order valence-corrected chi connectivity index (χ3v) is 3.73. The summed E-state index contributed by atoms with van der Waals surface area (Å²) in [5, 5.41) is 0. The maximum absolute atomic E-state index is 11.4. The highest BCUT2D eigenvalue weighted by molar-refractivity contribution is 7.84. The molecule has 2 saturated carbocycles. The van der Waals surface area contributed by atoms with Gasteiger partial charge in [-0.1, -0.05) is 6.58 Å². The Morgan fingerprint density at radius 3 is 2.50 bits per heavy atom. The van der Waals surface area contributed by atoms with Crippen LogP contribution in [-0.2, 0) is 14.5 Å². The zero-order valence-electron chi connectivity index (χ0n) is 8.25. The van der Waals surface area contributed by atoms with Crippen LogP contribution in [-0.4, -0.2) is 14.0 Å². The van der Waals surface area contributed by atoms with E-state index in [9.17, 15) is 8.42 Å². The number of rotatable bonds is 5. The smallest absolute Gasteiger partial charge is 0.265 e. The SMILES string of the molecule is C=C(NS(=O)(=O)OC1(C)CC1)C1CC1. The Balaban J connectivity index is 1.91. The largest absolute Gasteiger partial charge is 0.360 e. The van der Waals surface area contributed by atoms with Crippen LogP contribution in [0.3, 0.4) is 0 Å². The van der Waals surface area contributed by atoms with Crippen LogP contribution in [0, 0.1) is 5.92 Å². The van der Waals surface area contributed by atoms with Crippen molar-refractivity contribution in [1.82, 2.24) is 4.72 Å². The van der Waals surface area contributed by atoms with E-state index in [1.54, 1.807) is 6.92 Å². The van der Waals surface area contributed by atoms with Crippen LogP contribution in [0.25, 0.3) is 0 Å². The maximum Gasteiger partial charge on any atom is 0.360 e. The first-order valence-electron chi connectivity index (χ1n) is 4.82. The van der Waals surface area contributed by atoms with Gasteiger partial charge in [0.2, 0.25) is 0 Å². The molecule has 0 saturated heterocycles. The van der Waals surface area contributed by atoms with Gasteiger partial charge in [0.05, 0.1) is 5.60 Å². The van der Waals surface area contributed by atoms with Gasteiger partial charge < -0.3 is 0 Å². The van der Waals surface area contributed by atoms with Gasteiger partial charge in [-0.3, -0.25) is 4.72 Å². The average molecular weight is 217 g/mol. The third-order valence-electron chi connectivity index (χ3n) is 2.59. The minimum Gasteiger partial charge on any atom is -0.265 e. The normalized spacial score (nSPS) is 24.4. The van der Waals surface area contributed by atoms with Gasteiger partial charge in [-0.25, -0.2) is 4.18 Å². The quantitative estimate of drug-likeness (QED) is 0.755. The zero-order chi connectivity index (χ0) is 10.4. The van der Waals surface area contributed by atoms with Gasteiger partial charge in [0.1, 0.15) is 0 Å². The van der Waals surface area contributed by atoms with Gasteiger partial charge in [-0.05, 0) is 38.5 Å². The Bertz CT molecular complexity index is 352. The van der Waals surface area contributed by atoms with Crippen LogP contribution in [0.5, 0.6) is 0 Å². The maximum atomic E-state index is 11.4. The lowest BCUT2D eigenvalue weighted by Crippen LogP contribution is -2.29. The summed E-state index contributed by atoms with van der Waals surface area (Å²) in [7, 11) is -3.63. The first-order valence-corrected chi connectivity index (χ1v) is 6.23. The van der Waals surface area contributed by atoms with Crippen LogP contribution in [0.2, 0.25) is 0 Å². The van der Waals surface area contributed by atoms with E-state index in [1.165, 1.54) is 0 Å². The molecular weight excluding hydrogens is 202 g/mol. The molecule has 0 atom stereocenters. The van der Waals surface area contributed by atoms with Crippen molar-refractivity contribution in [2.75, 3.05) is 0 Å². The van der Waals surface area contributed by atoms with E-state index in [1.807, 2.05) is 0 Å². The van der Waals surface area contributed by atoms with E-state index in [4.69, 9.17) is 4.18 Å². The van der Waals surface area contributed by atoms with E-state index >= 15 is 0 Å². The molecule has 0 aromatic heterocycles. The highest BCUT2D eigenvalue weighted by atomic mass is 32.2. The number of allylic oxidation sites excluding steroid dienone is 1. The van der Waals surface area contributed by atoms with Crippen LogP contribution >= 0.6 is 0 Å². The van der Waals surface area contributed by atoms with Gasteiger partial charge >= 0.3 is 10.3 Å². The highest BCUT2D eigenvalue weighted by Crippen LogP contribution is 2.40. The second kappa shape index (κ2) is 2.97. The van der Waals surface area contributed by atoms with Crippen LogP contribution in [0.15, 0.2) is 12.3 Å². The standard InChI is InChI=1S/C9H15NO3S/c1-7(8-3-4-8)10-14(11,12)13-9(2)5-6-9/h8,10H,1,3-6H2,2H3. The Morgan fingerprint density at radius 1 is 1.50 bits per heavy atom. The molecule has 0 aromatic rings. The molecule has 0 aromatic carbocycles. The van der Waals surface area contributed by atoms with Gasteiger partial charge in [0.25, 0.3) is 0 Å². The molecule has 0 amide bonds. The Kier molecular flexibility index (Phi) is 2.12. The summed E-state index contributed by atoms with van der Waals surface area (Å²) in [5.41, 5.74) is 0.101. The molecule has 2 rings (SSSR count). The van der Waals surface area contributed by atoms with Crippen LogP contribution in [0.1, 0.15) is 32.6 Å². The molecule has 1 N–H and O–H groups in total. The van der Waals surface area contributed by atoms with Crippen molar-refractivity contribution in [3.05, 3.63) is 12.3 Å². The second-order valence-electron chi connectivity index (χ2n) is 4.39. The number of nitrogens with one attached hydrogen (secondary N) is 1. The fraction of sp³-hybridized carbons (Fsp3) is 0.778. The summed E-state index contributed by atoms with van der Waals surface area (Å²) < 4.78 is 30.2. The molecule has 0 heterocycles. The van der Waals surface area contributed by atoms with Gasteiger partial charge in [-0.15, -0.1) is 0 Å². The van der Waals surface area contributed by atoms with E-state index in [2.05, 4.69) is 11.3 Å². The van der Waals surface area contributed by atoms with E-state index < -0.39 is 15.9 Å². The van der Waals surface area contributed by atoms with Crippen molar-refractivity contribution in [2.45, 2.75) is 38.2 Å². The summed E-state index contributed by atoms with van der Waals surface area (Å²) in [6.07, 6.45) is 3.67. The Hall–Kier alpha value is -0.550. The minimum absolute atomic E-state index is 0.320. The highest BCUT2D eigenvalue weighted by Gasteiger charge is 2.43.